The molecule has 1 amide bonds. The summed E-state index contributed by atoms with van der Waals surface area (Å²) in [5.41, 5.74) is 0. The molecule has 0 radical (unpaired) electrons. The molecule has 0 saturated heterocycles. The summed E-state index contributed by atoms with van der Waals surface area (Å²) >= 11 is 0. The first-order valence-corrected chi connectivity index (χ1v) is 4.56. The van der Waals surface area contributed by atoms with E-state index in [2.05, 4.69) is 5.32 Å². The summed E-state index contributed by atoms with van der Waals surface area (Å²) in [6.45, 7) is 6.14. The van der Waals surface area contributed by atoms with E-state index in [9.17, 15) is 4.79 Å². The second-order valence-corrected chi connectivity index (χ2v) is 3.16. The van der Waals surface area contributed by atoms with Crippen LogP contribution in [0.5, 0.6) is 0 Å². The summed E-state index contributed by atoms with van der Waals surface area (Å²) in [5, 5.41) is 2.71. The van der Waals surface area contributed by atoms with Crippen LogP contribution in [0.1, 0.15) is 27.2 Å². The van der Waals surface area contributed by atoms with Gasteiger partial charge >= 0.3 is 6.09 Å². The molecule has 0 aromatic heterocycles. The Balaban J connectivity index is 3.73. The van der Waals surface area contributed by atoms with E-state index in [0.717, 1.165) is 6.42 Å². The van der Waals surface area contributed by atoms with Crippen LogP contribution in [0.4, 0.5) is 4.79 Å². The van der Waals surface area contributed by atoms with E-state index in [1.807, 2.05) is 20.8 Å². The predicted octanol–water partition coefficient (Wildman–Crippen LogP) is 1.55. The molecule has 13 heavy (non-hydrogen) atoms. The van der Waals surface area contributed by atoms with Crippen molar-refractivity contribution in [1.82, 2.24) is 5.32 Å². The van der Waals surface area contributed by atoms with E-state index < -0.39 is 0 Å². The Morgan fingerprint density at radius 2 is 2.08 bits per heavy atom. The maximum absolute atomic E-state index is 11.1. The molecule has 1 unspecified atom stereocenters. The normalized spacial score (nSPS) is 12.7. The lowest BCUT2D eigenvalue weighted by Crippen LogP contribution is -2.38. The van der Waals surface area contributed by atoms with Crippen LogP contribution < -0.4 is 5.32 Å². The number of nitrogens with one attached hydrogen (secondary N) is 1. The van der Waals surface area contributed by atoms with Gasteiger partial charge in [0, 0.05) is 7.11 Å². The average Bonchev–Trinajstić information content (AvgIpc) is 2.02. The number of carbonyl (C=O) groups excluding carboxylic acids is 1. The van der Waals surface area contributed by atoms with E-state index in [0.29, 0.717) is 6.61 Å². The van der Waals surface area contributed by atoms with Crippen molar-refractivity contribution in [3.63, 3.8) is 0 Å². The van der Waals surface area contributed by atoms with Crippen molar-refractivity contribution in [2.24, 2.45) is 0 Å². The Morgan fingerprint density at radius 3 is 2.46 bits per heavy atom. The van der Waals surface area contributed by atoms with Gasteiger partial charge in [-0.05, 0) is 20.3 Å². The molecule has 4 heteroatoms. The minimum atomic E-state index is -0.376. The number of ether oxygens (including phenoxy) is 2. The number of methoxy groups -OCH3 is 1. The molecule has 0 aliphatic rings. The molecule has 0 aromatic carbocycles. The topological polar surface area (TPSA) is 47.6 Å². The fraction of sp³-hybridized carbons (Fsp3) is 0.889. The highest BCUT2D eigenvalue weighted by Crippen LogP contribution is 1.94. The zero-order valence-electron chi connectivity index (χ0n) is 8.79. The molecule has 0 aliphatic heterocycles. The first kappa shape index (κ1) is 12.2. The third kappa shape index (κ3) is 6.40. The number of rotatable bonds is 5. The van der Waals surface area contributed by atoms with Gasteiger partial charge in [-0.25, -0.2) is 4.79 Å². The van der Waals surface area contributed by atoms with Gasteiger partial charge in [-0.3, -0.25) is 0 Å². The van der Waals surface area contributed by atoms with Gasteiger partial charge in [0.15, 0.2) is 0 Å². The maximum Gasteiger partial charge on any atom is 0.407 e. The Hall–Kier alpha value is -0.770. The van der Waals surface area contributed by atoms with Crippen LogP contribution in [0.2, 0.25) is 0 Å². The van der Waals surface area contributed by atoms with Gasteiger partial charge in [-0.2, -0.15) is 0 Å². The van der Waals surface area contributed by atoms with Crippen molar-refractivity contribution in [1.29, 1.82) is 0 Å². The number of hydrogen-bond acceptors (Lipinski definition) is 3. The van der Waals surface area contributed by atoms with E-state index in [4.69, 9.17) is 9.47 Å². The quantitative estimate of drug-likeness (QED) is 0.713. The van der Waals surface area contributed by atoms with Gasteiger partial charge in [-0.15, -0.1) is 0 Å². The SMILES string of the molecule is CCC(COC)NC(=O)OC(C)C. The molecule has 0 aromatic rings. The summed E-state index contributed by atoms with van der Waals surface area (Å²) in [4.78, 5) is 11.1. The van der Waals surface area contributed by atoms with Crippen molar-refractivity contribution in [3.05, 3.63) is 0 Å². The van der Waals surface area contributed by atoms with E-state index in [1.54, 1.807) is 7.11 Å². The summed E-state index contributed by atoms with van der Waals surface area (Å²) < 4.78 is 9.85. The van der Waals surface area contributed by atoms with Crippen LogP contribution in [-0.2, 0) is 9.47 Å². The minimum Gasteiger partial charge on any atom is -0.447 e. The zero-order chi connectivity index (χ0) is 10.3. The van der Waals surface area contributed by atoms with Gasteiger partial charge in [0.25, 0.3) is 0 Å². The maximum atomic E-state index is 11.1. The minimum absolute atomic E-state index is 0.0382. The Labute approximate surface area is 79.6 Å². The summed E-state index contributed by atoms with van der Waals surface area (Å²) in [5.74, 6) is 0. The molecule has 4 nitrogen and oxygen atoms in total. The number of hydrogen-bond donors (Lipinski definition) is 1. The molecule has 78 valence electrons. The molecule has 0 heterocycles. The van der Waals surface area contributed by atoms with Gasteiger partial charge < -0.3 is 14.8 Å². The molecule has 0 spiro atoms. The standard InChI is InChI=1S/C9H19NO3/c1-5-8(6-12-4)10-9(11)13-7(2)3/h7-8H,5-6H2,1-4H3,(H,10,11). The molecule has 0 aliphatic carbocycles. The predicted molar refractivity (Wildman–Crippen MR) is 50.7 cm³/mol. The number of amides is 1. The van der Waals surface area contributed by atoms with Gasteiger partial charge in [0.2, 0.25) is 0 Å². The average molecular weight is 189 g/mol. The summed E-state index contributed by atoms with van der Waals surface area (Å²) in [6, 6.07) is 0.0382. The lowest BCUT2D eigenvalue weighted by molar-refractivity contribution is 0.102. The fourth-order valence-electron chi connectivity index (χ4n) is 0.878. The van der Waals surface area contributed by atoms with Crippen LogP contribution in [0.25, 0.3) is 0 Å². The van der Waals surface area contributed by atoms with Crippen LogP contribution in [0.15, 0.2) is 0 Å². The first-order valence-electron chi connectivity index (χ1n) is 4.56. The van der Waals surface area contributed by atoms with Crippen molar-refractivity contribution in [2.75, 3.05) is 13.7 Å². The van der Waals surface area contributed by atoms with Crippen molar-refractivity contribution >= 4 is 6.09 Å². The molecule has 1 atom stereocenters. The Kier molecular flexibility index (Phi) is 6.32. The van der Waals surface area contributed by atoms with Crippen LogP contribution in [0, 0.1) is 0 Å². The third-order valence-corrected chi connectivity index (χ3v) is 1.53. The van der Waals surface area contributed by atoms with Crippen LogP contribution in [-0.4, -0.2) is 32.0 Å². The van der Waals surface area contributed by atoms with Crippen molar-refractivity contribution in [3.8, 4) is 0 Å². The first-order chi connectivity index (χ1) is 6.10. The summed E-state index contributed by atoms with van der Waals surface area (Å²) in [6.07, 6.45) is 0.375. The van der Waals surface area contributed by atoms with Gasteiger partial charge in [0.05, 0.1) is 18.8 Å². The number of alkyl carbamates (subject to hydrolysis) is 1. The lowest BCUT2D eigenvalue weighted by Gasteiger charge is -2.16. The molecule has 0 bridgehead atoms. The molecule has 0 fully saturated rings. The highest BCUT2D eigenvalue weighted by atomic mass is 16.6. The van der Waals surface area contributed by atoms with Crippen molar-refractivity contribution in [2.45, 2.75) is 39.3 Å². The molecular formula is C9H19NO3. The highest BCUT2D eigenvalue weighted by Gasteiger charge is 2.11. The lowest BCUT2D eigenvalue weighted by atomic mass is 10.2. The fourth-order valence-corrected chi connectivity index (χ4v) is 0.878. The van der Waals surface area contributed by atoms with Gasteiger partial charge in [0.1, 0.15) is 0 Å². The second-order valence-electron chi connectivity index (χ2n) is 3.16. The third-order valence-electron chi connectivity index (χ3n) is 1.53. The highest BCUT2D eigenvalue weighted by molar-refractivity contribution is 5.67. The molecule has 0 saturated carbocycles. The van der Waals surface area contributed by atoms with E-state index in [-0.39, 0.29) is 18.2 Å². The van der Waals surface area contributed by atoms with E-state index >= 15 is 0 Å². The molecule has 0 rings (SSSR count). The monoisotopic (exact) mass is 189 g/mol. The van der Waals surface area contributed by atoms with E-state index in [1.165, 1.54) is 0 Å². The largest absolute Gasteiger partial charge is 0.447 e. The summed E-state index contributed by atoms with van der Waals surface area (Å²) in [7, 11) is 1.61. The molecular weight excluding hydrogens is 170 g/mol. The van der Waals surface area contributed by atoms with Crippen LogP contribution in [0.3, 0.4) is 0 Å². The Morgan fingerprint density at radius 1 is 1.46 bits per heavy atom. The van der Waals surface area contributed by atoms with Gasteiger partial charge in [-0.1, -0.05) is 6.92 Å². The zero-order valence-corrected chi connectivity index (χ0v) is 8.79. The van der Waals surface area contributed by atoms with Crippen molar-refractivity contribution < 1.29 is 14.3 Å². The smallest absolute Gasteiger partial charge is 0.407 e. The van der Waals surface area contributed by atoms with Crippen LogP contribution >= 0.6 is 0 Å². The molecule has 1 N–H and O–H groups in total. The Bertz CT molecular complexity index is 148. The second kappa shape index (κ2) is 6.71. The number of carbonyl (C=O) groups is 1.